The summed E-state index contributed by atoms with van der Waals surface area (Å²) >= 11 is 0. The first-order chi connectivity index (χ1) is 9.17. The van der Waals surface area contributed by atoms with Gasteiger partial charge in [0.25, 0.3) is 0 Å². The van der Waals surface area contributed by atoms with E-state index in [1.54, 1.807) is 0 Å². The van der Waals surface area contributed by atoms with Crippen LogP contribution in [0.3, 0.4) is 0 Å². The molecule has 0 aromatic heterocycles. The fraction of sp³-hybridized carbons (Fsp3) is 1.00. The van der Waals surface area contributed by atoms with Crippen molar-refractivity contribution in [3.05, 3.63) is 0 Å². The Bertz CT molecular complexity index is 322. The van der Waals surface area contributed by atoms with Crippen LogP contribution in [0.5, 0.6) is 0 Å². The lowest BCUT2D eigenvalue weighted by Gasteiger charge is -2.56. The van der Waals surface area contributed by atoms with Crippen molar-refractivity contribution in [3.63, 3.8) is 0 Å². The predicted octanol–water partition coefficient (Wildman–Crippen LogP) is 2.39. The number of fused-ring (bicyclic) bond motifs is 1. The number of hydrogen-bond acceptors (Lipinski definition) is 3. The first kappa shape index (κ1) is 13.8. The summed E-state index contributed by atoms with van der Waals surface area (Å²) in [7, 11) is 0. The summed E-state index contributed by atoms with van der Waals surface area (Å²) in [4.78, 5) is 2.78. The van der Waals surface area contributed by atoms with E-state index in [0.29, 0.717) is 12.1 Å². The van der Waals surface area contributed by atoms with Crippen LogP contribution < -0.4 is 5.73 Å². The molecule has 3 nitrogen and oxygen atoms in total. The molecule has 5 atom stereocenters. The summed E-state index contributed by atoms with van der Waals surface area (Å²) in [6.45, 7) is 7.66. The Labute approximate surface area is 117 Å². The van der Waals surface area contributed by atoms with Gasteiger partial charge in [-0.3, -0.25) is 4.90 Å². The van der Waals surface area contributed by atoms with Crippen LogP contribution in [-0.2, 0) is 4.74 Å². The molecule has 3 fully saturated rings. The molecule has 1 saturated heterocycles. The molecule has 3 heteroatoms. The van der Waals surface area contributed by atoms with Crippen LogP contribution in [0.4, 0.5) is 0 Å². The molecule has 0 aromatic rings. The van der Waals surface area contributed by atoms with Crippen molar-refractivity contribution in [3.8, 4) is 0 Å². The second-order valence-corrected chi connectivity index (χ2v) is 7.19. The van der Waals surface area contributed by atoms with Gasteiger partial charge in [-0.15, -0.1) is 0 Å². The SMILES string of the molecule is CC1CCC(CN)(N2CCOC3CCCC32)C(C)C1. The zero-order valence-corrected chi connectivity index (χ0v) is 12.6. The van der Waals surface area contributed by atoms with Gasteiger partial charge in [-0.05, 0) is 50.4 Å². The molecule has 5 unspecified atom stereocenters. The second-order valence-electron chi connectivity index (χ2n) is 7.19. The fourth-order valence-electron chi connectivity index (χ4n) is 5.01. The van der Waals surface area contributed by atoms with Crippen LogP contribution in [0.15, 0.2) is 0 Å². The van der Waals surface area contributed by atoms with E-state index in [4.69, 9.17) is 10.5 Å². The first-order valence-corrected chi connectivity index (χ1v) is 8.26. The van der Waals surface area contributed by atoms with E-state index in [1.807, 2.05) is 0 Å². The highest BCUT2D eigenvalue weighted by molar-refractivity contribution is 5.05. The van der Waals surface area contributed by atoms with E-state index in [9.17, 15) is 0 Å². The molecule has 0 radical (unpaired) electrons. The highest BCUT2D eigenvalue weighted by Crippen LogP contribution is 2.44. The van der Waals surface area contributed by atoms with Crippen LogP contribution in [0.1, 0.15) is 52.4 Å². The molecule has 2 N–H and O–H groups in total. The summed E-state index contributed by atoms with van der Waals surface area (Å²) in [6, 6.07) is 0.646. The molecule has 0 spiro atoms. The lowest BCUT2D eigenvalue weighted by atomic mass is 9.68. The third kappa shape index (κ3) is 2.24. The molecule has 110 valence electrons. The van der Waals surface area contributed by atoms with Gasteiger partial charge in [-0.1, -0.05) is 13.8 Å². The maximum atomic E-state index is 6.31. The number of morpholine rings is 1. The average Bonchev–Trinajstić information content (AvgIpc) is 2.88. The third-order valence-electron chi connectivity index (χ3n) is 6.15. The Morgan fingerprint density at radius 2 is 2.11 bits per heavy atom. The quantitative estimate of drug-likeness (QED) is 0.834. The largest absolute Gasteiger partial charge is 0.375 e. The molecule has 19 heavy (non-hydrogen) atoms. The molecule has 2 saturated carbocycles. The molecule has 2 aliphatic carbocycles. The van der Waals surface area contributed by atoms with Crippen molar-refractivity contribution in [2.45, 2.75) is 70.1 Å². The van der Waals surface area contributed by atoms with Crippen molar-refractivity contribution in [1.29, 1.82) is 0 Å². The van der Waals surface area contributed by atoms with Gasteiger partial charge in [0.05, 0.1) is 12.7 Å². The minimum atomic E-state index is 0.254. The molecule has 0 aromatic carbocycles. The molecule has 0 amide bonds. The molecular weight excluding hydrogens is 236 g/mol. The Hall–Kier alpha value is -0.120. The summed E-state index contributed by atoms with van der Waals surface area (Å²) < 4.78 is 5.99. The zero-order valence-electron chi connectivity index (χ0n) is 12.6. The Balaban J connectivity index is 1.84. The number of ether oxygens (including phenoxy) is 1. The Morgan fingerprint density at radius 1 is 1.26 bits per heavy atom. The minimum Gasteiger partial charge on any atom is -0.375 e. The van der Waals surface area contributed by atoms with E-state index in [1.165, 1.54) is 38.5 Å². The number of hydrogen-bond donors (Lipinski definition) is 1. The van der Waals surface area contributed by atoms with Gasteiger partial charge in [-0.2, -0.15) is 0 Å². The monoisotopic (exact) mass is 266 g/mol. The van der Waals surface area contributed by atoms with Crippen molar-refractivity contribution in [1.82, 2.24) is 4.90 Å². The molecule has 3 aliphatic rings. The van der Waals surface area contributed by atoms with E-state index in [0.717, 1.165) is 31.5 Å². The zero-order chi connectivity index (χ0) is 13.5. The van der Waals surface area contributed by atoms with Crippen LogP contribution in [0.25, 0.3) is 0 Å². The van der Waals surface area contributed by atoms with Crippen molar-refractivity contribution >= 4 is 0 Å². The van der Waals surface area contributed by atoms with Gasteiger partial charge in [0.1, 0.15) is 0 Å². The van der Waals surface area contributed by atoms with Gasteiger partial charge in [0, 0.05) is 24.7 Å². The molecule has 0 bridgehead atoms. The lowest BCUT2D eigenvalue weighted by molar-refractivity contribution is -0.123. The smallest absolute Gasteiger partial charge is 0.0731 e. The highest BCUT2D eigenvalue weighted by atomic mass is 16.5. The maximum absolute atomic E-state index is 6.31. The second kappa shape index (κ2) is 5.34. The molecular formula is C16H30N2O. The van der Waals surface area contributed by atoms with Crippen molar-refractivity contribution < 1.29 is 4.74 Å². The topological polar surface area (TPSA) is 38.5 Å². The van der Waals surface area contributed by atoms with E-state index in [-0.39, 0.29) is 5.54 Å². The molecule has 3 rings (SSSR count). The van der Waals surface area contributed by atoms with E-state index < -0.39 is 0 Å². The van der Waals surface area contributed by atoms with Gasteiger partial charge in [-0.25, -0.2) is 0 Å². The highest BCUT2D eigenvalue weighted by Gasteiger charge is 2.50. The minimum absolute atomic E-state index is 0.254. The normalized spacial score (nSPS) is 48.2. The van der Waals surface area contributed by atoms with Gasteiger partial charge in [0.15, 0.2) is 0 Å². The van der Waals surface area contributed by atoms with E-state index >= 15 is 0 Å². The van der Waals surface area contributed by atoms with Gasteiger partial charge >= 0.3 is 0 Å². The molecule has 1 aliphatic heterocycles. The summed E-state index contributed by atoms with van der Waals surface area (Å²) in [6.07, 6.45) is 8.36. The van der Waals surface area contributed by atoms with Crippen LogP contribution in [0.2, 0.25) is 0 Å². The number of nitrogens with two attached hydrogens (primary N) is 1. The fourth-order valence-corrected chi connectivity index (χ4v) is 5.01. The van der Waals surface area contributed by atoms with Crippen LogP contribution in [-0.4, -0.2) is 42.3 Å². The number of nitrogens with zero attached hydrogens (tertiary/aromatic N) is 1. The van der Waals surface area contributed by atoms with E-state index in [2.05, 4.69) is 18.7 Å². The maximum Gasteiger partial charge on any atom is 0.0731 e. The third-order valence-corrected chi connectivity index (χ3v) is 6.15. The summed E-state index contributed by atoms with van der Waals surface area (Å²) in [5.41, 5.74) is 6.56. The van der Waals surface area contributed by atoms with Crippen LogP contribution >= 0.6 is 0 Å². The summed E-state index contributed by atoms with van der Waals surface area (Å²) in [5, 5.41) is 0. The van der Waals surface area contributed by atoms with Gasteiger partial charge < -0.3 is 10.5 Å². The van der Waals surface area contributed by atoms with Gasteiger partial charge in [0.2, 0.25) is 0 Å². The average molecular weight is 266 g/mol. The Morgan fingerprint density at radius 3 is 2.84 bits per heavy atom. The number of rotatable bonds is 2. The van der Waals surface area contributed by atoms with Crippen LogP contribution in [0, 0.1) is 11.8 Å². The predicted molar refractivity (Wildman–Crippen MR) is 78.0 cm³/mol. The van der Waals surface area contributed by atoms with Crippen molar-refractivity contribution in [2.24, 2.45) is 17.6 Å². The first-order valence-electron chi connectivity index (χ1n) is 8.26. The summed E-state index contributed by atoms with van der Waals surface area (Å²) in [5.74, 6) is 1.59. The standard InChI is InChI=1S/C16H30N2O/c1-12-6-7-16(11-17,13(2)10-12)18-8-9-19-15-5-3-4-14(15)18/h12-15H,3-11,17H2,1-2H3. The molecule has 1 heterocycles. The van der Waals surface area contributed by atoms with Crippen molar-refractivity contribution in [2.75, 3.05) is 19.7 Å². The Kier molecular flexibility index (Phi) is 3.89. The lowest BCUT2D eigenvalue weighted by Crippen LogP contribution is -2.66.